The van der Waals surface area contributed by atoms with E-state index in [2.05, 4.69) is 9.88 Å². The molecule has 1 N–H and O–H groups in total. The number of carbonyl (C=O) groups excluding carboxylic acids is 1. The largest absolute Gasteiger partial charge is 0.477 e. The topological polar surface area (TPSA) is 83.0 Å². The van der Waals surface area contributed by atoms with Crippen LogP contribution in [-0.2, 0) is 9.59 Å². The average molecular weight is 419 g/mol. The molecule has 0 aliphatic carbocycles. The fraction of sp³-hybridized carbons (Fsp3) is 0.292. The highest BCUT2D eigenvalue weighted by Gasteiger charge is 2.52. The number of ether oxygens (including phenoxy) is 1. The quantitative estimate of drug-likeness (QED) is 0.615. The van der Waals surface area contributed by atoms with E-state index in [9.17, 15) is 14.7 Å². The van der Waals surface area contributed by atoms with Crippen molar-refractivity contribution in [1.29, 1.82) is 0 Å². The van der Waals surface area contributed by atoms with Gasteiger partial charge in [-0.1, -0.05) is 36.4 Å². The number of carboxylic acid groups (broad SMARTS) is 1. The van der Waals surface area contributed by atoms with Crippen molar-refractivity contribution in [3.05, 3.63) is 66.4 Å². The molecule has 0 saturated carbocycles. The molecule has 1 unspecified atom stereocenters. The molecule has 7 heteroatoms. The van der Waals surface area contributed by atoms with Crippen molar-refractivity contribution in [3.8, 4) is 5.75 Å². The summed E-state index contributed by atoms with van der Waals surface area (Å²) >= 11 is 0. The Kier molecular flexibility index (Phi) is 5.61. The molecule has 2 heterocycles. The fourth-order valence-electron chi connectivity index (χ4n) is 4.16. The van der Waals surface area contributed by atoms with Crippen LogP contribution in [0.5, 0.6) is 5.75 Å². The van der Waals surface area contributed by atoms with Gasteiger partial charge in [-0.15, -0.1) is 0 Å². The Labute approximate surface area is 180 Å². The Morgan fingerprint density at radius 2 is 1.65 bits per heavy atom. The molecule has 31 heavy (non-hydrogen) atoms. The third-order valence-electron chi connectivity index (χ3n) is 5.66. The van der Waals surface area contributed by atoms with Crippen molar-refractivity contribution in [3.63, 3.8) is 0 Å². The number of nitrogens with zero attached hydrogens (tertiary/aromatic N) is 3. The minimum atomic E-state index is -2.05. The van der Waals surface area contributed by atoms with Crippen LogP contribution in [0.25, 0.3) is 10.9 Å². The van der Waals surface area contributed by atoms with Gasteiger partial charge in [0.1, 0.15) is 5.75 Å². The number of aromatic nitrogens is 1. The van der Waals surface area contributed by atoms with Crippen LogP contribution < -0.4 is 9.64 Å². The van der Waals surface area contributed by atoms with Crippen molar-refractivity contribution >= 4 is 28.3 Å². The number of piperazine rings is 1. The van der Waals surface area contributed by atoms with Crippen molar-refractivity contribution in [2.45, 2.75) is 19.6 Å². The number of hydrogen-bond acceptors (Lipinski definition) is 6. The monoisotopic (exact) mass is 419 g/mol. The van der Waals surface area contributed by atoms with Crippen LogP contribution in [0, 0.1) is 6.92 Å². The summed E-state index contributed by atoms with van der Waals surface area (Å²) in [6.45, 7) is 5.10. The summed E-state index contributed by atoms with van der Waals surface area (Å²) in [4.78, 5) is 33.4. The average Bonchev–Trinajstić information content (AvgIpc) is 2.77. The molecule has 0 radical (unpaired) electrons. The van der Waals surface area contributed by atoms with E-state index in [1.165, 1.54) is 6.92 Å². The molecular weight excluding hydrogens is 394 g/mol. The van der Waals surface area contributed by atoms with E-state index in [4.69, 9.17) is 4.74 Å². The first-order valence-electron chi connectivity index (χ1n) is 10.3. The number of aliphatic carboxylic acids is 1. The van der Waals surface area contributed by atoms with Gasteiger partial charge in [-0.2, -0.15) is 0 Å². The lowest BCUT2D eigenvalue weighted by atomic mass is 10.0. The lowest BCUT2D eigenvalue weighted by Crippen LogP contribution is -2.67. The maximum Gasteiger partial charge on any atom is 0.372 e. The predicted molar refractivity (Wildman–Crippen MR) is 118 cm³/mol. The number of carboxylic acids is 1. The highest BCUT2D eigenvalue weighted by molar-refractivity contribution is 6.05. The van der Waals surface area contributed by atoms with Crippen LogP contribution in [0.2, 0.25) is 0 Å². The minimum absolute atomic E-state index is 0.346. The van der Waals surface area contributed by atoms with E-state index in [0.29, 0.717) is 31.9 Å². The molecule has 0 spiro atoms. The van der Waals surface area contributed by atoms with Gasteiger partial charge in [-0.25, -0.2) is 9.69 Å². The third kappa shape index (κ3) is 3.84. The molecule has 1 atom stereocenters. The Hall–Kier alpha value is -3.45. The standard InChI is InChI=1S/C24H25N3O4/c1-17-16-22(20-10-6-7-11-21(20)25-17)26-12-14-27(15-13-26)24(18(2)28,23(29)30)31-19-8-4-3-5-9-19/h3-11,16H,12-15H2,1-2H3,(H,29,30). The third-order valence-corrected chi connectivity index (χ3v) is 5.66. The number of fused-ring (bicyclic) bond motifs is 1. The molecule has 1 aliphatic heterocycles. The number of anilines is 1. The summed E-state index contributed by atoms with van der Waals surface area (Å²) in [6.07, 6.45) is 0. The molecule has 3 aromatic rings. The predicted octanol–water partition coefficient (Wildman–Crippen LogP) is 3.11. The summed E-state index contributed by atoms with van der Waals surface area (Å²) in [5.74, 6) is -1.51. The summed E-state index contributed by atoms with van der Waals surface area (Å²) < 4.78 is 5.84. The van der Waals surface area contributed by atoms with Crippen LogP contribution in [0.3, 0.4) is 0 Å². The van der Waals surface area contributed by atoms with Gasteiger partial charge in [-0.05, 0) is 31.2 Å². The van der Waals surface area contributed by atoms with Gasteiger partial charge in [0.05, 0.1) is 5.52 Å². The maximum absolute atomic E-state index is 12.6. The van der Waals surface area contributed by atoms with Gasteiger partial charge in [0.15, 0.2) is 0 Å². The van der Waals surface area contributed by atoms with E-state index in [0.717, 1.165) is 22.3 Å². The molecule has 1 aromatic heterocycles. The van der Waals surface area contributed by atoms with Crippen molar-refractivity contribution in [1.82, 2.24) is 9.88 Å². The van der Waals surface area contributed by atoms with E-state index >= 15 is 0 Å². The van der Waals surface area contributed by atoms with Crippen LogP contribution in [0.1, 0.15) is 12.6 Å². The summed E-state index contributed by atoms with van der Waals surface area (Å²) in [5.41, 5.74) is 0.863. The zero-order chi connectivity index (χ0) is 22.0. The van der Waals surface area contributed by atoms with Gasteiger partial charge in [0.2, 0.25) is 5.78 Å². The first kappa shape index (κ1) is 20.8. The van der Waals surface area contributed by atoms with Crippen LogP contribution in [-0.4, -0.2) is 58.6 Å². The summed E-state index contributed by atoms with van der Waals surface area (Å²) in [6, 6.07) is 18.6. The summed E-state index contributed by atoms with van der Waals surface area (Å²) in [5, 5.41) is 11.1. The van der Waals surface area contributed by atoms with E-state index < -0.39 is 17.5 Å². The second-order valence-corrected chi connectivity index (χ2v) is 7.69. The van der Waals surface area contributed by atoms with Crippen molar-refractivity contribution < 1.29 is 19.4 Å². The zero-order valence-electron chi connectivity index (χ0n) is 17.6. The molecule has 2 aromatic carbocycles. The highest BCUT2D eigenvalue weighted by atomic mass is 16.6. The number of benzene rings is 2. The van der Waals surface area contributed by atoms with Gasteiger partial charge < -0.3 is 14.7 Å². The number of Topliss-reactive ketones (excluding diaryl/α,β-unsaturated/α-hetero) is 1. The number of aryl methyl sites for hydroxylation is 1. The highest BCUT2D eigenvalue weighted by Crippen LogP contribution is 2.30. The zero-order valence-corrected chi connectivity index (χ0v) is 17.6. The number of para-hydroxylation sites is 2. The SMILES string of the molecule is CC(=O)C(Oc1ccccc1)(C(=O)O)N1CCN(c2cc(C)nc3ccccc23)CC1. The molecule has 160 valence electrons. The lowest BCUT2D eigenvalue weighted by molar-refractivity contribution is -0.181. The Bertz CT molecular complexity index is 1090. The second-order valence-electron chi connectivity index (χ2n) is 7.69. The van der Waals surface area contributed by atoms with Gasteiger partial charge >= 0.3 is 11.7 Å². The molecule has 4 rings (SSSR count). The number of rotatable bonds is 6. The Balaban J connectivity index is 1.61. The normalized spacial score (nSPS) is 16.6. The summed E-state index contributed by atoms with van der Waals surface area (Å²) in [7, 11) is 0. The van der Waals surface area contributed by atoms with Crippen molar-refractivity contribution in [2.75, 3.05) is 31.1 Å². The van der Waals surface area contributed by atoms with Crippen LogP contribution in [0.4, 0.5) is 5.69 Å². The maximum atomic E-state index is 12.6. The van der Waals surface area contributed by atoms with Crippen molar-refractivity contribution in [2.24, 2.45) is 0 Å². The molecule has 1 fully saturated rings. The van der Waals surface area contributed by atoms with Crippen LogP contribution in [0.15, 0.2) is 60.7 Å². The number of pyridine rings is 1. The number of ketones is 1. The van der Waals surface area contributed by atoms with Crippen LogP contribution >= 0.6 is 0 Å². The van der Waals surface area contributed by atoms with Gasteiger partial charge in [0.25, 0.3) is 0 Å². The minimum Gasteiger partial charge on any atom is -0.477 e. The van der Waals surface area contributed by atoms with E-state index in [-0.39, 0.29) is 0 Å². The first-order valence-corrected chi connectivity index (χ1v) is 10.3. The molecule has 7 nitrogen and oxygen atoms in total. The Morgan fingerprint density at radius 1 is 1.00 bits per heavy atom. The van der Waals surface area contributed by atoms with Gasteiger partial charge in [0, 0.05) is 49.9 Å². The van der Waals surface area contributed by atoms with Gasteiger partial charge in [-0.3, -0.25) is 9.78 Å². The van der Waals surface area contributed by atoms with E-state index in [1.54, 1.807) is 29.2 Å². The molecular formula is C24H25N3O4. The second kappa shape index (κ2) is 8.35. The number of hydrogen-bond donors (Lipinski definition) is 1. The smallest absolute Gasteiger partial charge is 0.372 e. The molecule has 1 saturated heterocycles. The molecule has 1 aliphatic rings. The Morgan fingerprint density at radius 3 is 2.29 bits per heavy atom. The molecule has 0 bridgehead atoms. The lowest BCUT2D eigenvalue weighted by Gasteiger charge is -2.44. The number of carbonyl (C=O) groups is 2. The fourth-order valence-corrected chi connectivity index (χ4v) is 4.16. The van der Waals surface area contributed by atoms with E-state index in [1.807, 2.05) is 43.3 Å². The first-order chi connectivity index (χ1) is 14.9. The molecule has 0 amide bonds.